The van der Waals surface area contributed by atoms with Gasteiger partial charge in [-0.15, -0.1) is 0 Å². The van der Waals surface area contributed by atoms with Crippen molar-refractivity contribution in [3.8, 4) is 0 Å². The van der Waals surface area contributed by atoms with Crippen molar-refractivity contribution in [3.05, 3.63) is 0 Å². The summed E-state index contributed by atoms with van der Waals surface area (Å²) in [6.07, 6.45) is 17.6. The summed E-state index contributed by atoms with van der Waals surface area (Å²) in [5.74, 6) is 2.07. The van der Waals surface area contributed by atoms with Crippen molar-refractivity contribution in [3.63, 3.8) is 0 Å². The van der Waals surface area contributed by atoms with Crippen molar-refractivity contribution in [1.29, 1.82) is 0 Å². The van der Waals surface area contributed by atoms with Gasteiger partial charge in [0.15, 0.2) is 0 Å². The van der Waals surface area contributed by atoms with E-state index in [-0.39, 0.29) is 0 Å². The molecule has 0 spiro atoms. The second-order valence-corrected chi connectivity index (χ2v) is 7.40. The zero-order valence-electron chi connectivity index (χ0n) is 14.1. The van der Waals surface area contributed by atoms with Gasteiger partial charge >= 0.3 is 0 Å². The second kappa shape index (κ2) is 9.07. The quantitative estimate of drug-likeness (QED) is 0.583. The summed E-state index contributed by atoms with van der Waals surface area (Å²) < 4.78 is 0. The smallest absolute Gasteiger partial charge is 0.00955 e. The molecular weight excluding hydrogens is 242 g/mol. The third kappa shape index (κ3) is 4.76. The normalized spacial score (nSPS) is 24.9. The van der Waals surface area contributed by atoms with Gasteiger partial charge in [-0.1, -0.05) is 78.1 Å². The summed E-state index contributed by atoms with van der Waals surface area (Å²) in [7, 11) is 0. The van der Waals surface area contributed by atoms with E-state index in [1.165, 1.54) is 90.1 Å². The fourth-order valence-corrected chi connectivity index (χ4v) is 4.40. The van der Waals surface area contributed by atoms with Gasteiger partial charge in [-0.05, 0) is 24.7 Å². The fraction of sp³-hybridized carbons (Fsp3) is 1.00. The monoisotopic (exact) mass is 279 g/mol. The van der Waals surface area contributed by atoms with Crippen molar-refractivity contribution >= 4 is 0 Å². The van der Waals surface area contributed by atoms with E-state index in [4.69, 9.17) is 0 Å². The van der Waals surface area contributed by atoms with Gasteiger partial charge in [0.05, 0.1) is 0 Å². The maximum absolute atomic E-state index is 2.84. The van der Waals surface area contributed by atoms with Crippen LogP contribution in [0.5, 0.6) is 0 Å². The lowest BCUT2D eigenvalue weighted by molar-refractivity contribution is 0.00462. The highest BCUT2D eigenvalue weighted by Gasteiger charge is 2.35. The molecule has 2 rings (SSSR count). The van der Waals surface area contributed by atoms with E-state index in [2.05, 4.69) is 18.7 Å². The number of nitrogens with zero attached hydrogens (tertiary/aromatic N) is 1. The molecule has 118 valence electrons. The first kappa shape index (κ1) is 16.3. The van der Waals surface area contributed by atoms with Crippen LogP contribution in [0.3, 0.4) is 0 Å². The highest BCUT2D eigenvalue weighted by atomic mass is 15.2. The van der Waals surface area contributed by atoms with Crippen LogP contribution in [-0.4, -0.2) is 24.0 Å². The average molecular weight is 280 g/mol. The Labute approximate surface area is 127 Å². The van der Waals surface area contributed by atoms with E-state index in [0.29, 0.717) is 0 Å². The molecular formula is C19H37N. The lowest BCUT2D eigenvalue weighted by Gasteiger charge is -2.48. The van der Waals surface area contributed by atoms with Crippen LogP contribution < -0.4 is 0 Å². The molecule has 1 unspecified atom stereocenters. The lowest BCUT2D eigenvalue weighted by Crippen LogP contribution is -2.54. The minimum atomic E-state index is 0.944. The van der Waals surface area contributed by atoms with E-state index < -0.39 is 0 Å². The largest absolute Gasteiger partial charge is 0.300 e. The topological polar surface area (TPSA) is 3.24 Å². The van der Waals surface area contributed by atoms with Crippen molar-refractivity contribution in [1.82, 2.24) is 4.90 Å². The van der Waals surface area contributed by atoms with Crippen LogP contribution in [0.25, 0.3) is 0 Å². The van der Waals surface area contributed by atoms with Crippen LogP contribution in [0.1, 0.15) is 90.9 Å². The Morgan fingerprint density at radius 1 is 0.850 bits per heavy atom. The first-order valence-electron chi connectivity index (χ1n) is 9.59. The molecule has 1 nitrogen and oxygen atoms in total. The highest BCUT2D eigenvalue weighted by molar-refractivity contribution is 4.89. The summed E-state index contributed by atoms with van der Waals surface area (Å²) in [5, 5.41) is 0. The van der Waals surface area contributed by atoms with Crippen molar-refractivity contribution in [2.75, 3.05) is 13.1 Å². The number of rotatable bonds is 7. The van der Waals surface area contributed by atoms with E-state index in [1.807, 2.05) is 0 Å². The van der Waals surface area contributed by atoms with Crippen molar-refractivity contribution < 1.29 is 0 Å². The van der Waals surface area contributed by atoms with Crippen molar-refractivity contribution in [2.45, 2.75) is 96.9 Å². The summed E-state index contributed by atoms with van der Waals surface area (Å²) in [6.45, 7) is 7.56. The van der Waals surface area contributed by atoms with Crippen LogP contribution in [0.4, 0.5) is 0 Å². The highest BCUT2D eigenvalue weighted by Crippen LogP contribution is 2.34. The molecule has 1 aliphatic carbocycles. The SMILES string of the molecule is CCCCC(CCC)C1CN(C2CCCCCCC2)C1. The Kier molecular flexibility index (Phi) is 7.41. The van der Waals surface area contributed by atoms with Crippen LogP contribution in [0.2, 0.25) is 0 Å². The Morgan fingerprint density at radius 2 is 1.50 bits per heavy atom. The second-order valence-electron chi connectivity index (χ2n) is 7.40. The van der Waals surface area contributed by atoms with Crippen LogP contribution in [0, 0.1) is 11.8 Å². The van der Waals surface area contributed by atoms with Gasteiger partial charge in [-0.25, -0.2) is 0 Å². The Balaban J connectivity index is 1.73. The molecule has 0 bridgehead atoms. The molecule has 0 aromatic rings. The van der Waals surface area contributed by atoms with Crippen LogP contribution in [0.15, 0.2) is 0 Å². The number of hydrogen-bond donors (Lipinski definition) is 0. The molecule has 0 amide bonds. The van der Waals surface area contributed by atoms with E-state index >= 15 is 0 Å². The zero-order valence-corrected chi connectivity index (χ0v) is 14.1. The van der Waals surface area contributed by atoms with Gasteiger partial charge in [0.2, 0.25) is 0 Å². The number of likely N-dealkylation sites (tertiary alicyclic amines) is 1. The summed E-state index contributed by atoms with van der Waals surface area (Å²) in [6, 6.07) is 0.944. The number of unbranched alkanes of at least 4 members (excludes halogenated alkanes) is 1. The van der Waals surface area contributed by atoms with Gasteiger partial charge in [0.25, 0.3) is 0 Å². The van der Waals surface area contributed by atoms with Gasteiger partial charge in [-0.3, -0.25) is 4.90 Å². The summed E-state index contributed by atoms with van der Waals surface area (Å²) >= 11 is 0. The van der Waals surface area contributed by atoms with E-state index in [1.54, 1.807) is 0 Å². The van der Waals surface area contributed by atoms with Gasteiger partial charge in [-0.2, -0.15) is 0 Å². The minimum absolute atomic E-state index is 0.944. The molecule has 0 radical (unpaired) electrons. The molecule has 1 heterocycles. The molecule has 1 aliphatic heterocycles. The predicted molar refractivity (Wildman–Crippen MR) is 89.1 cm³/mol. The molecule has 0 aromatic heterocycles. The number of hydrogen-bond acceptors (Lipinski definition) is 1. The molecule has 0 N–H and O–H groups in total. The lowest BCUT2D eigenvalue weighted by atomic mass is 9.78. The zero-order chi connectivity index (χ0) is 14.2. The first-order valence-corrected chi connectivity index (χ1v) is 9.59. The maximum Gasteiger partial charge on any atom is 0.00955 e. The fourth-order valence-electron chi connectivity index (χ4n) is 4.40. The van der Waals surface area contributed by atoms with Gasteiger partial charge in [0, 0.05) is 19.1 Å². The molecule has 1 atom stereocenters. The van der Waals surface area contributed by atoms with E-state index in [9.17, 15) is 0 Å². The van der Waals surface area contributed by atoms with Crippen LogP contribution in [-0.2, 0) is 0 Å². The summed E-state index contributed by atoms with van der Waals surface area (Å²) in [4.78, 5) is 2.84. The Hall–Kier alpha value is -0.0400. The Bertz CT molecular complexity index is 227. The molecule has 1 saturated heterocycles. The molecule has 20 heavy (non-hydrogen) atoms. The molecule has 1 saturated carbocycles. The molecule has 1 heteroatoms. The van der Waals surface area contributed by atoms with E-state index in [0.717, 1.165) is 17.9 Å². The molecule has 2 fully saturated rings. The first-order chi connectivity index (χ1) is 9.85. The molecule has 2 aliphatic rings. The third-order valence-electron chi connectivity index (χ3n) is 5.78. The van der Waals surface area contributed by atoms with Crippen molar-refractivity contribution in [2.24, 2.45) is 11.8 Å². The molecule has 0 aromatic carbocycles. The maximum atomic E-state index is 2.84. The summed E-state index contributed by atoms with van der Waals surface area (Å²) in [5.41, 5.74) is 0. The average Bonchev–Trinajstić information content (AvgIpc) is 2.36. The van der Waals surface area contributed by atoms with Crippen LogP contribution >= 0.6 is 0 Å². The van der Waals surface area contributed by atoms with Gasteiger partial charge in [0.1, 0.15) is 0 Å². The minimum Gasteiger partial charge on any atom is -0.300 e. The Morgan fingerprint density at radius 3 is 2.10 bits per heavy atom. The third-order valence-corrected chi connectivity index (χ3v) is 5.78. The standard InChI is InChI=1S/C19H37N/c1-3-5-12-17(11-4-2)18-15-20(16-18)19-13-9-7-6-8-10-14-19/h17-19H,3-16H2,1-2H3. The predicted octanol–water partition coefficient (Wildman–Crippen LogP) is 5.64. The van der Waals surface area contributed by atoms with Gasteiger partial charge < -0.3 is 0 Å².